The van der Waals surface area contributed by atoms with Gasteiger partial charge in [0.15, 0.2) is 6.29 Å². The Kier molecular flexibility index (Phi) is 44.2. The first-order valence-corrected chi connectivity index (χ1v) is 28.9. The van der Waals surface area contributed by atoms with Crippen LogP contribution in [-0.2, 0) is 14.3 Å². The minimum Gasteiger partial charge on any atom is -0.394 e. The van der Waals surface area contributed by atoms with Gasteiger partial charge in [-0.3, -0.25) is 4.79 Å². The van der Waals surface area contributed by atoms with Crippen LogP contribution in [0, 0.1) is 0 Å². The van der Waals surface area contributed by atoms with Crippen LogP contribution in [0.1, 0.15) is 284 Å². The fraction of sp³-hybridized carbons (Fsp3) is 0.982. The molecule has 0 radical (unpaired) electrons. The van der Waals surface area contributed by atoms with Crippen molar-refractivity contribution in [2.75, 3.05) is 13.2 Å². The number of amides is 1. The molecule has 1 heterocycles. The number of hydrogen-bond donors (Lipinski definition) is 8. The number of hydrogen-bond acceptors (Lipinski definition) is 10. The molecule has 0 saturated carbocycles. The molecule has 1 amide bonds. The maximum atomic E-state index is 13.1. The normalized spacial score (nSPS) is 20.5. The molecule has 1 saturated heterocycles. The molecule has 0 spiro atoms. The van der Waals surface area contributed by atoms with Gasteiger partial charge in [0.1, 0.15) is 36.6 Å². The molecule has 9 unspecified atom stereocenters. The summed E-state index contributed by atoms with van der Waals surface area (Å²) in [6, 6.07) is -1.16. The molecule has 0 aliphatic carbocycles. The van der Waals surface area contributed by atoms with Crippen LogP contribution in [0.5, 0.6) is 0 Å². The van der Waals surface area contributed by atoms with Crippen molar-refractivity contribution in [3.8, 4) is 0 Å². The van der Waals surface area contributed by atoms with Gasteiger partial charge in [-0.1, -0.05) is 271 Å². The van der Waals surface area contributed by atoms with E-state index in [-0.39, 0.29) is 6.42 Å². The van der Waals surface area contributed by atoms with Crippen LogP contribution < -0.4 is 5.32 Å². The second-order valence-corrected chi connectivity index (χ2v) is 20.7. The molecule has 8 N–H and O–H groups in total. The van der Waals surface area contributed by atoms with E-state index in [1.54, 1.807) is 0 Å². The fourth-order valence-electron chi connectivity index (χ4n) is 9.68. The Hall–Kier alpha value is -0.890. The zero-order chi connectivity index (χ0) is 49.0. The molecule has 11 nitrogen and oxygen atoms in total. The average molecular weight is 959 g/mol. The Morgan fingerprint density at radius 3 is 1.10 bits per heavy atom. The first-order valence-electron chi connectivity index (χ1n) is 28.9. The lowest BCUT2D eigenvalue weighted by Gasteiger charge is -2.40. The number of aliphatic hydroxyl groups excluding tert-OH is 7. The number of ether oxygens (including phenoxy) is 2. The molecule has 11 heteroatoms. The lowest BCUT2D eigenvalue weighted by molar-refractivity contribution is -0.303. The van der Waals surface area contributed by atoms with Gasteiger partial charge in [0.25, 0.3) is 0 Å². The van der Waals surface area contributed by atoms with E-state index < -0.39 is 74.2 Å². The lowest BCUT2D eigenvalue weighted by Crippen LogP contribution is -2.60. The minimum absolute atomic E-state index is 0.265. The zero-order valence-electron chi connectivity index (χ0n) is 43.7. The number of nitrogens with one attached hydrogen (secondary N) is 1. The second-order valence-electron chi connectivity index (χ2n) is 20.7. The van der Waals surface area contributed by atoms with E-state index in [9.17, 15) is 40.5 Å². The van der Waals surface area contributed by atoms with Crippen LogP contribution in [0.4, 0.5) is 0 Å². The van der Waals surface area contributed by atoms with Crippen molar-refractivity contribution in [1.82, 2.24) is 5.32 Å². The average Bonchev–Trinajstić information content (AvgIpc) is 3.33. The highest BCUT2D eigenvalue weighted by Gasteiger charge is 2.44. The van der Waals surface area contributed by atoms with Crippen LogP contribution in [-0.4, -0.2) is 110 Å². The Morgan fingerprint density at radius 2 is 0.776 bits per heavy atom. The molecule has 1 fully saturated rings. The third kappa shape index (κ3) is 35.0. The second kappa shape index (κ2) is 46.2. The van der Waals surface area contributed by atoms with E-state index in [4.69, 9.17) is 9.47 Å². The first kappa shape index (κ1) is 64.1. The number of unbranched alkanes of at least 4 members (excludes halogenated alkanes) is 38. The molecular formula is C56H111NO10. The summed E-state index contributed by atoms with van der Waals surface area (Å²) in [6.07, 6.45) is 40.4. The summed E-state index contributed by atoms with van der Waals surface area (Å²) in [5, 5.41) is 75.9. The molecule has 67 heavy (non-hydrogen) atoms. The fourth-order valence-corrected chi connectivity index (χ4v) is 9.68. The third-order valence-electron chi connectivity index (χ3n) is 14.4. The Balaban J connectivity index is 2.21. The molecule has 0 aromatic carbocycles. The summed E-state index contributed by atoms with van der Waals surface area (Å²) in [4.78, 5) is 13.1. The van der Waals surface area contributed by atoms with Crippen LogP contribution in [0.2, 0.25) is 0 Å². The van der Waals surface area contributed by atoms with Gasteiger partial charge in [-0.15, -0.1) is 0 Å². The van der Waals surface area contributed by atoms with Crippen molar-refractivity contribution in [1.29, 1.82) is 0 Å². The summed E-state index contributed by atoms with van der Waals surface area (Å²) in [5.74, 6) is -0.693. The summed E-state index contributed by atoms with van der Waals surface area (Å²) < 4.78 is 11.1. The highest BCUT2D eigenvalue weighted by Crippen LogP contribution is 2.24. The quantitative estimate of drug-likeness (QED) is 0.0273. The first-order chi connectivity index (χ1) is 32.7. The monoisotopic (exact) mass is 958 g/mol. The van der Waals surface area contributed by atoms with Gasteiger partial charge in [-0.2, -0.15) is 0 Å². The standard InChI is InChI=1S/C56H111NO10/c1-3-5-7-9-11-13-15-16-17-18-19-20-21-22-23-24-25-26-27-28-29-30-31-32-34-35-37-39-41-43-48(59)51(61)47(46-66-56-54(64)53(63)52(62)50(45-58)67-56)57-55(65)49(60)44-42-40-38-36-33-14-12-10-8-6-4-2/h47-54,56,58-64H,3-46H2,1-2H3,(H,57,65). The largest absolute Gasteiger partial charge is 0.394 e. The highest BCUT2D eigenvalue weighted by molar-refractivity contribution is 5.80. The lowest BCUT2D eigenvalue weighted by atomic mass is 9.98. The van der Waals surface area contributed by atoms with E-state index in [2.05, 4.69) is 19.2 Å². The van der Waals surface area contributed by atoms with Crippen molar-refractivity contribution in [3.05, 3.63) is 0 Å². The van der Waals surface area contributed by atoms with Gasteiger partial charge in [-0.05, 0) is 12.8 Å². The third-order valence-corrected chi connectivity index (χ3v) is 14.4. The van der Waals surface area contributed by atoms with Crippen LogP contribution in [0.3, 0.4) is 0 Å². The van der Waals surface area contributed by atoms with Crippen molar-refractivity contribution >= 4 is 5.91 Å². The Labute approximate surface area is 411 Å². The van der Waals surface area contributed by atoms with E-state index in [1.807, 2.05) is 0 Å². The number of rotatable bonds is 50. The Morgan fingerprint density at radius 1 is 0.463 bits per heavy atom. The summed E-state index contributed by atoms with van der Waals surface area (Å²) in [6.45, 7) is 3.47. The molecule has 0 bridgehead atoms. The van der Waals surface area contributed by atoms with Gasteiger partial charge in [0, 0.05) is 0 Å². The van der Waals surface area contributed by atoms with Crippen LogP contribution in [0.25, 0.3) is 0 Å². The van der Waals surface area contributed by atoms with Crippen LogP contribution >= 0.6 is 0 Å². The SMILES string of the molecule is CCCCCCCCCCCCCCCCCCCCCCCCCCCCCCCC(O)C(O)C(COC1OC(CO)C(O)C(O)C1O)NC(=O)C(O)CCCCCCCCCCCCC. The van der Waals surface area contributed by atoms with Gasteiger partial charge in [0.2, 0.25) is 5.91 Å². The number of aliphatic hydroxyl groups is 7. The topological polar surface area (TPSA) is 189 Å². The summed E-state index contributed by atoms with van der Waals surface area (Å²) in [5.41, 5.74) is 0. The van der Waals surface area contributed by atoms with Crippen molar-refractivity contribution in [2.45, 2.75) is 339 Å². The van der Waals surface area contributed by atoms with E-state index in [1.165, 1.54) is 205 Å². The summed E-state index contributed by atoms with van der Waals surface area (Å²) in [7, 11) is 0. The van der Waals surface area contributed by atoms with Gasteiger partial charge >= 0.3 is 0 Å². The van der Waals surface area contributed by atoms with Gasteiger partial charge in [-0.25, -0.2) is 0 Å². The zero-order valence-corrected chi connectivity index (χ0v) is 43.7. The smallest absolute Gasteiger partial charge is 0.249 e. The molecule has 400 valence electrons. The minimum atomic E-state index is -1.66. The van der Waals surface area contributed by atoms with Crippen molar-refractivity contribution in [3.63, 3.8) is 0 Å². The van der Waals surface area contributed by atoms with Gasteiger partial charge < -0.3 is 50.5 Å². The van der Waals surface area contributed by atoms with Crippen molar-refractivity contribution in [2.24, 2.45) is 0 Å². The predicted molar refractivity (Wildman–Crippen MR) is 275 cm³/mol. The van der Waals surface area contributed by atoms with Gasteiger partial charge in [0.05, 0.1) is 25.4 Å². The van der Waals surface area contributed by atoms with E-state index in [0.717, 1.165) is 38.5 Å². The Bertz CT molecular complexity index is 1050. The van der Waals surface area contributed by atoms with Crippen LogP contribution in [0.15, 0.2) is 0 Å². The predicted octanol–water partition coefficient (Wildman–Crippen LogP) is 11.8. The molecule has 0 aromatic heterocycles. The molecule has 9 atom stereocenters. The highest BCUT2D eigenvalue weighted by atomic mass is 16.7. The molecule has 0 aromatic rings. The molecule has 1 aliphatic rings. The maximum absolute atomic E-state index is 13.1. The number of carbonyl (C=O) groups is 1. The molecular weight excluding hydrogens is 847 g/mol. The van der Waals surface area contributed by atoms with E-state index in [0.29, 0.717) is 19.3 Å². The van der Waals surface area contributed by atoms with E-state index >= 15 is 0 Å². The molecule has 1 rings (SSSR count). The van der Waals surface area contributed by atoms with Crippen molar-refractivity contribution < 1.29 is 50.0 Å². The number of carbonyl (C=O) groups excluding carboxylic acids is 1. The summed E-state index contributed by atoms with van der Waals surface area (Å²) >= 11 is 0. The molecule has 1 aliphatic heterocycles. The maximum Gasteiger partial charge on any atom is 0.249 e.